The van der Waals surface area contributed by atoms with E-state index in [0.717, 1.165) is 28.9 Å². The second-order valence-electron chi connectivity index (χ2n) is 9.57. The highest BCUT2D eigenvalue weighted by Gasteiger charge is 2.42. The molecule has 4 heterocycles. The van der Waals surface area contributed by atoms with Crippen LogP contribution in [0.4, 0.5) is 10.8 Å². The number of nitrogens with one attached hydrogen (secondary N) is 2. The summed E-state index contributed by atoms with van der Waals surface area (Å²) < 4.78 is 2.21. The Hall–Kier alpha value is -4.18. The van der Waals surface area contributed by atoms with E-state index in [1.165, 1.54) is 22.3 Å². The third kappa shape index (κ3) is 4.01. The van der Waals surface area contributed by atoms with Gasteiger partial charge in [-0.25, -0.2) is 4.98 Å². The lowest BCUT2D eigenvalue weighted by atomic mass is 9.96. The summed E-state index contributed by atoms with van der Waals surface area (Å²) in [5.74, 6) is -0.232. The molecule has 0 bridgehead atoms. The minimum atomic E-state index is -0.247. The van der Waals surface area contributed by atoms with Crippen LogP contribution in [0.1, 0.15) is 39.9 Å². The second kappa shape index (κ2) is 9.60. The maximum Gasteiger partial charge on any atom is 0.257 e. The van der Waals surface area contributed by atoms with E-state index in [2.05, 4.69) is 37.2 Å². The summed E-state index contributed by atoms with van der Waals surface area (Å²) in [6.45, 7) is 1.11. The topological polar surface area (TPSA) is 99.6 Å². The molecule has 2 aliphatic heterocycles. The molecule has 0 spiro atoms. The van der Waals surface area contributed by atoms with E-state index in [4.69, 9.17) is 0 Å². The lowest BCUT2D eigenvalue weighted by Crippen LogP contribution is -2.51. The number of para-hydroxylation sites is 2. The van der Waals surface area contributed by atoms with Gasteiger partial charge in [-0.15, -0.1) is 11.3 Å². The zero-order valence-electron chi connectivity index (χ0n) is 21.2. The monoisotopic (exact) mass is 528 g/mol. The van der Waals surface area contributed by atoms with Crippen molar-refractivity contribution in [2.45, 2.75) is 32.0 Å². The number of carbonyl (C=O) groups excluding carboxylic acids is 3. The smallest absolute Gasteiger partial charge is 0.257 e. The van der Waals surface area contributed by atoms with E-state index in [9.17, 15) is 14.4 Å². The standard InChI is InChI=1S/C28H28N6O3S/c1-29-24(36)15-17-16-38-28(30-17)31-23(35)12-14-33-22-10-6-3-7-18(22)19-11-13-34-26(25(19)33)32(2)21-9-5-4-8-20(21)27(34)37/h3-10,16,26H,11-15H2,1-2H3,(H,29,36)(H,30,31,35). The highest BCUT2D eigenvalue weighted by molar-refractivity contribution is 7.13. The Morgan fingerprint density at radius 1 is 1.11 bits per heavy atom. The predicted molar refractivity (Wildman–Crippen MR) is 147 cm³/mol. The molecule has 2 aliphatic rings. The molecule has 10 heteroatoms. The molecule has 1 atom stereocenters. The van der Waals surface area contributed by atoms with Crippen LogP contribution in [0.2, 0.25) is 0 Å². The molecule has 0 radical (unpaired) electrons. The highest BCUT2D eigenvalue weighted by atomic mass is 32.1. The van der Waals surface area contributed by atoms with Crippen molar-refractivity contribution in [2.24, 2.45) is 0 Å². The van der Waals surface area contributed by atoms with E-state index >= 15 is 0 Å². The molecule has 0 saturated carbocycles. The molecule has 0 saturated heterocycles. The first-order chi connectivity index (χ1) is 18.5. The zero-order chi connectivity index (χ0) is 26.4. The zero-order valence-corrected chi connectivity index (χ0v) is 22.0. The first kappa shape index (κ1) is 24.2. The number of carbonyl (C=O) groups is 3. The summed E-state index contributed by atoms with van der Waals surface area (Å²) in [6, 6.07) is 16.0. The van der Waals surface area contributed by atoms with Gasteiger partial charge in [-0.1, -0.05) is 30.3 Å². The maximum atomic E-state index is 13.5. The molecular formula is C28H28N6O3S. The summed E-state index contributed by atoms with van der Waals surface area (Å²) in [4.78, 5) is 46.5. The number of nitrogens with zero attached hydrogens (tertiary/aromatic N) is 4. The van der Waals surface area contributed by atoms with E-state index in [1.54, 1.807) is 12.4 Å². The van der Waals surface area contributed by atoms with E-state index in [1.807, 2.05) is 48.3 Å². The van der Waals surface area contributed by atoms with Gasteiger partial charge in [0.15, 0.2) is 5.13 Å². The molecule has 4 aromatic rings. The summed E-state index contributed by atoms with van der Waals surface area (Å²) in [7, 11) is 3.62. The quantitative estimate of drug-likeness (QED) is 0.399. The summed E-state index contributed by atoms with van der Waals surface area (Å²) >= 11 is 1.31. The van der Waals surface area contributed by atoms with E-state index in [0.29, 0.717) is 23.9 Å². The Balaban J connectivity index is 1.30. The van der Waals surface area contributed by atoms with Crippen molar-refractivity contribution in [3.05, 3.63) is 76.4 Å². The largest absolute Gasteiger partial charge is 0.359 e. The number of anilines is 2. The van der Waals surface area contributed by atoms with Crippen LogP contribution in [-0.2, 0) is 29.0 Å². The molecule has 0 fully saturated rings. The van der Waals surface area contributed by atoms with Crippen LogP contribution in [0.5, 0.6) is 0 Å². The second-order valence-corrected chi connectivity index (χ2v) is 10.4. The molecule has 194 valence electrons. The normalized spacial score (nSPS) is 16.2. The minimum Gasteiger partial charge on any atom is -0.359 e. The van der Waals surface area contributed by atoms with Gasteiger partial charge in [0.05, 0.1) is 29.1 Å². The number of amides is 3. The number of likely N-dealkylation sites (N-methyl/N-ethyl adjacent to an activating group) is 1. The molecule has 2 N–H and O–H groups in total. The SMILES string of the molecule is CNC(=O)Cc1csc(NC(=O)CCn2c3c(c4ccccc42)CCN2C(=O)c4ccccc4N(C)C32)n1. The predicted octanol–water partition coefficient (Wildman–Crippen LogP) is 3.56. The number of hydrogen-bond donors (Lipinski definition) is 2. The van der Waals surface area contributed by atoms with Gasteiger partial charge in [0.2, 0.25) is 11.8 Å². The first-order valence-electron chi connectivity index (χ1n) is 12.6. The fraction of sp³-hybridized carbons (Fsp3) is 0.286. The van der Waals surface area contributed by atoms with Crippen LogP contribution in [0, 0.1) is 0 Å². The van der Waals surface area contributed by atoms with Gasteiger partial charge in [0.1, 0.15) is 6.17 Å². The van der Waals surface area contributed by atoms with Crippen molar-refractivity contribution in [2.75, 3.05) is 30.9 Å². The number of rotatable bonds is 6. The van der Waals surface area contributed by atoms with E-state index < -0.39 is 0 Å². The van der Waals surface area contributed by atoms with Gasteiger partial charge in [0, 0.05) is 49.9 Å². The molecule has 2 aromatic carbocycles. The molecule has 38 heavy (non-hydrogen) atoms. The molecule has 6 rings (SSSR count). The van der Waals surface area contributed by atoms with Crippen LogP contribution in [0.15, 0.2) is 53.9 Å². The van der Waals surface area contributed by atoms with Crippen molar-refractivity contribution in [1.29, 1.82) is 0 Å². The fourth-order valence-electron chi connectivity index (χ4n) is 5.64. The molecule has 1 unspecified atom stereocenters. The number of aryl methyl sites for hydroxylation is 1. The van der Waals surface area contributed by atoms with Crippen LogP contribution < -0.4 is 15.5 Å². The third-order valence-corrected chi connectivity index (χ3v) is 8.19. The Morgan fingerprint density at radius 2 is 1.89 bits per heavy atom. The van der Waals surface area contributed by atoms with Crippen molar-refractivity contribution < 1.29 is 14.4 Å². The average molecular weight is 529 g/mol. The van der Waals surface area contributed by atoms with Crippen LogP contribution in [0.3, 0.4) is 0 Å². The average Bonchev–Trinajstić information content (AvgIpc) is 3.51. The van der Waals surface area contributed by atoms with Gasteiger partial charge in [-0.3, -0.25) is 14.4 Å². The molecule has 0 aliphatic carbocycles. The van der Waals surface area contributed by atoms with Crippen LogP contribution in [-0.4, -0.2) is 52.8 Å². The van der Waals surface area contributed by atoms with Gasteiger partial charge in [-0.05, 0) is 30.2 Å². The Labute approximate surface area is 224 Å². The summed E-state index contributed by atoms with van der Waals surface area (Å²) in [5.41, 5.74) is 5.63. The van der Waals surface area contributed by atoms with Crippen LogP contribution >= 0.6 is 11.3 Å². The van der Waals surface area contributed by atoms with E-state index in [-0.39, 0.29) is 36.7 Å². The minimum absolute atomic E-state index is 0.0419. The van der Waals surface area contributed by atoms with Crippen molar-refractivity contribution in [3.8, 4) is 0 Å². The number of thiazole rings is 1. The lowest BCUT2D eigenvalue weighted by molar-refractivity contribution is -0.120. The highest BCUT2D eigenvalue weighted by Crippen LogP contribution is 2.44. The summed E-state index contributed by atoms with van der Waals surface area (Å²) in [6.07, 6.45) is 0.942. The third-order valence-electron chi connectivity index (χ3n) is 7.39. The number of aromatic nitrogens is 2. The maximum absolute atomic E-state index is 13.5. The number of fused-ring (bicyclic) bond motifs is 6. The molecular weight excluding hydrogens is 500 g/mol. The van der Waals surface area contributed by atoms with Gasteiger partial charge >= 0.3 is 0 Å². The van der Waals surface area contributed by atoms with Crippen molar-refractivity contribution >= 4 is 50.8 Å². The van der Waals surface area contributed by atoms with Gasteiger partial charge in [-0.2, -0.15) is 0 Å². The summed E-state index contributed by atoms with van der Waals surface area (Å²) in [5, 5.41) is 8.88. The van der Waals surface area contributed by atoms with Gasteiger partial charge < -0.3 is 25.0 Å². The fourth-order valence-corrected chi connectivity index (χ4v) is 6.37. The lowest BCUT2D eigenvalue weighted by Gasteiger charge is -2.46. The van der Waals surface area contributed by atoms with Crippen molar-refractivity contribution in [1.82, 2.24) is 19.8 Å². The number of benzene rings is 2. The number of hydrogen-bond acceptors (Lipinski definition) is 6. The first-order valence-corrected chi connectivity index (χ1v) is 13.5. The Kier molecular flexibility index (Phi) is 6.11. The van der Waals surface area contributed by atoms with Crippen LogP contribution in [0.25, 0.3) is 10.9 Å². The van der Waals surface area contributed by atoms with Crippen molar-refractivity contribution in [3.63, 3.8) is 0 Å². The Morgan fingerprint density at radius 3 is 2.74 bits per heavy atom. The van der Waals surface area contributed by atoms with Gasteiger partial charge in [0.25, 0.3) is 5.91 Å². The molecule has 2 aromatic heterocycles. The molecule has 3 amide bonds. The Bertz CT molecular complexity index is 1570. The molecule has 9 nitrogen and oxygen atoms in total.